The highest BCUT2D eigenvalue weighted by molar-refractivity contribution is 7.16. The number of thiophene rings is 1. The molecule has 1 aromatic heterocycles. The van der Waals surface area contributed by atoms with Crippen LogP contribution in [0.25, 0.3) is 0 Å². The summed E-state index contributed by atoms with van der Waals surface area (Å²) in [6.07, 6.45) is 0.986. The van der Waals surface area contributed by atoms with E-state index in [2.05, 4.69) is 59.4 Å². The van der Waals surface area contributed by atoms with Gasteiger partial charge in [-0.25, -0.2) is 4.99 Å². The van der Waals surface area contributed by atoms with E-state index in [0.29, 0.717) is 12.6 Å². The molecule has 176 valence electrons. The average molecular weight is 506 g/mol. The minimum absolute atomic E-state index is 0. The lowest BCUT2D eigenvalue weighted by atomic mass is 10.1. The number of piperazine rings is 1. The quantitative estimate of drug-likeness (QED) is 0.464. The number of rotatable bonds is 4. The van der Waals surface area contributed by atoms with Gasteiger partial charge in [0, 0.05) is 30.6 Å². The second-order valence-corrected chi connectivity index (χ2v) is 9.46. The Labute approximate surface area is 212 Å². The van der Waals surface area contributed by atoms with Crippen LogP contribution in [0.3, 0.4) is 0 Å². The number of nitrogens with one attached hydrogen (secondary N) is 1. The Bertz CT molecular complexity index is 1090. The van der Waals surface area contributed by atoms with Crippen LogP contribution in [-0.4, -0.2) is 55.0 Å². The summed E-state index contributed by atoms with van der Waals surface area (Å²) in [5.41, 5.74) is 3.28. The molecule has 3 heterocycles. The molecule has 2 aliphatic rings. The van der Waals surface area contributed by atoms with Gasteiger partial charge in [0.1, 0.15) is 16.6 Å². The predicted octanol–water partition coefficient (Wildman–Crippen LogP) is 6.12. The van der Waals surface area contributed by atoms with E-state index >= 15 is 0 Å². The van der Waals surface area contributed by atoms with Gasteiger partial charge >= 0.3 is 0 Å². The van der Waals surface area contributed by atoms with Crippen LogP contribution in [0, 0.1) is 6.92 Å². The lowest BCUT2D eigenvalue weighted by Crippen LogP contribution is -2.53. The average Bonchev–Trinajstić information content (AvgIpc) is 3.07. The summed E-state index contributed by atoms with van der Waals surface area (Å²) in [6, 6.07) is 21.1. The van der Waals surface area contributed by atoms with Crippen LogP contribution in [0.1, 0.15) is 16.9 Å². The number of amidine groups is 1. The van der Waals surface area contributed by atoms with Crippen molar-refractivity contribution in [3.63, 3.8) is 0 Å². The van der Waals surface area contributed by atoms with Crippen LogP contribution >= 0.6 is 36.2 Å². The SMILES string of the molecule is Cc1cc2c(s1)Nc1ccccc1N=C2N1CCN(C)[C@@H](CCOc2ccccc2)C1.Cl.Cl. The van der Waals surface area contributed by atoms with Crippen LogP contribution < -0.4 is 10.1 Å². The maximum Gasteiger partial charge on any atom is 0.139 e. The van der Waals surface area contributed by atoms with E-state index in [9.17, 15) is 0 Å². The molecular weight excluding hydrogens is 475 g/mol. The Kier molecular flexibility index (Phi) is 8.65. The molecule has 0 saturated carbocycles. The van der Waals surface area contributed by atoms with Gasteiger partial charge in [-0.05, 0) is 50.7 Å². The molecule has 1 N–H and O–H groups in total. The highest BCUT2D eigenvalue weighted by Gasteiger charge is 2.30. The fourth-order valence-electron chi connectivity index (χ4n) is 4.27. The number of nitrogens with zero attached hydrogens (tertiary/aromatic N) is 3. The van der Waals surface area contributed by atoms with E-state index < -0.39 is 0 Å². The summed E-state index contributed by atoms with van der Waals surface area (Å²) in [5.74, 6) is 2.02. The second kappa shape index (κ2) is 11.3. The summed E-state index contributed by atoms with van der Waals surface area (Å²) in [6.45, 7) is 5.82. The molecule has 0 unspecified atom stereocenters. The zero-order valence-corrected chi connectivity index (χ0v) is 21.3. The highest BCUT2D eigenvalue weighted by Crippen LogP contribution is 2.39. The Morgan fingerprint density at radius 1 is 1.06 bits per heavy atom. The van der Waals surface area contributed by atoms with E-state index in [4.69, 9.17) is 9.73 Å². The molecule has 5 rings (SSSR count). The number of aryl methyl sites for hydroxylation is 1. The monoisotopic (exact) mass is 504 g/mol. The Morgan fingerprint density at radius 3 is 2.64 bits per heavy atom. The molecule has 3 aromatic rings. The van der Waals surface area contributed by atoms with Gasteiger partial charge in [0.15, 0.2) is 0 Å². The largest absolute Gasteiger partial charge is 0.494 e. The third-order valence-electron chi connectivity index (χ3n) is 6.01. The molecule has 0 aliphatic carbocycles. The van der Waals surface area contributed by atoms with Gasteiger partial charge in [0.25, 0.3) is 0 Å². The lowest BCUT2D eigenvalue weighted by molar-refractivity contribution is 0.119. The Morgan fingerprint density at radius 2 is 1.82 bits per heavy atom. The van der Waals surface area contributed by atoms with Crippen LogP contribution in [-0.2, 0) is 0 Å². The number of likely N-dealkylation sites (N-methyl/N-ethyl adjacent to an activating group) is 1. The van der Waals surface area contributed by atoms with Crippen molar-refractivity contribution in [2.24, 2.45) is 4.99 Å². The van der Waals surface area contributed by atoms with Gasteiger partial charge in [-0.3, -0.25) is 4.90 Å². The molecule has 0 amide bonds. The van der Waals surface area contributed by atoms with E-state index in [1.165, 1.54) is 15.4 Å². The third kappa shape index (κ3) is 5.64. The van der Waals surface area contributed by atoms with Gasteiger partial charge in [0.05, 0.1) is 23.5 Å². The topological polar surface area (TPSA) is 40.1 Å². The summed E-state index contributed by atoms with van der Waals surface area (Å²) in [7, 11) is 2.22. The van der Waals surface area contributed by atoms with E-state index in [1.807, 2.05) is 30.3 Å². The third-order valence-corrected chi connectivity index (χ3v) is 6.98. The number of para-hydroxylation sites is 3. The van der Waals surface area contributed by atoms with Crippen molar-refractivity contribution in [3.05, 3.63) is 71.1 Å². The summed E-state index contributed by atoms with van der Waals surface area (Å²) >= 11 is 1.80. The first-order valence-electron chi connectivity index (χ1n) is 10.9. The van der Waals surface area contributed by atoms with Crippen LogP contribution in [0.15, 0.2) is 65.7 Å². The number of fused-ring (bicyclic) bond motifs is 2. The van der Waals surface area contributed by atoms with Crippen molar-refractivity contribution in [3.8, 4) is 5.75 Å². The fraction of sp³-hybridized carbons (Fsp3) is 0.320. The maximum atomic E-state index is 5.98. The molecule has 0 radical (unpaired) electrons. The van der Waals surface area contributed by atoms with Crippen molar-refractivity contribution >= 4 is 58.4 Å². The lowest BCUT2D eigenvalue weighted by Gasteiger charge is -2.40. The Hall–Kier alpha value is -2.25. The molecule has 5 nitrogen and oxygen atoms in total. The van der Waals surface area contributed by atoms with Crippen LogP contribution in [0.5, 0.6) is 5.75 Å². The number of aliphatic imine (C=N–C) groups is 1. The predicted molar refractivity (Wildman–Crippen MR) is 144 cm³/mol. The van der Waals surface area contributed by atoms with Gasteiger partial charge in [-0.2, -0.15) is 0 Å². The van der Waals surface area contributed by atoms with Crippen molar-refractivity contribution in [1.29, 1.82) is 0 Å². The van der Waals surface area contributed by atoms with Gasteiger partial charge in [-0.15, -0.1) is 36.2 Å². The number of ether oxygens (including phenoxy) is 1. The minimum atomic E-state index is 0. The Balaban J connectivity index is 0.00000153. The summed E-state index contributed by atoms with van der Waals surface area (Å²) < 4.78 is 5.98. The first-order valence-corrected chi connectivity index (χ1v) is 11.7. The number of hydrogen-bond donors (Lipinski definition) is 1. The van der Waals surface area contributed by atoms with Gasteiger partial charge in [-0.1, -0.05) is 30.3 Å². The highest BCUT2D eigenvalue weighted by atomic mass is 35.5. The van der Waals surface area contributed by atoms with Crippen molar-refractivity contribution in [2.75, 3.05) is 38.6 Å². The normalized spacial score (nSPS) is 17.3. The van der Waals surface area contributed by atoms with Crippen molar-refractivity contribution in [1.82, 2.24) is 9.80 Å². The zero-order valence-electron chi connectivity index (χ0n) is 18.9. The molecule has 8 heteroatoms. The maximum absolute atomic E-state index is 5.98. The minimum Gasteiger partial charge on any atom is -0.494 e. The van der Waals surface area contributed by atoms with E-state index in [1.54, 1.807) is 11.3 Å². The standard InChI is InChI=1S/C25H28N4OS.2ClH/c1-18-16-21-24(26-22-10-6-7-11-23(22)27-25(21)31-18)29-14-13-28(2)19(17-29)12-15-30-20-8-4-3-5-9-20;;/h3-11,16,19,27H,12-15,17H2,1-2H3;2*1H/t19-;;/m0../s1. The number of hydrogen-bond acceptors (Lipinski definition) is 6. The van der Waals surface area contributed by atoms with Crippen molar-refractivity contribution in [2.45, 2.75) is 19.4 Å². The fourth-order valence-corrected chi connectivity index (χ4v) is 5.19. The molecule has 0 spiro atoms. The van der Waals surface area contributed by atoms with Gasteiger partial charge < -0.3 is 15.0 Å². The number of halogens is 2. The zero-order chi connectivity index (χ0) is 21.2. The number of anilines is 2. The molecule has 2 aromatic carbocycles. The molecule has 1 atom stereocenters. The molecule has 33 heavy (non-hydrogen) atoms. The van der Waals surface area contributed by atoms with Crippen molar-refractivity contribution < 1.29 is 4.74 Å². The van der Waals surface area contributed by atoms with Gasteiger partial charge in [0.2, 0.25) is 0 Å². The first-order chi connectivity index (χ1) is 15.2. The smallest absolute Gasteiger partial charge is 0.139 e. The number of benzene rings is 2. The van der Waals surface area contributed by atoms with E-state index in [0.717, 1.165) is 49.0 Å². The second-order valence-electron chi connectivity index (χ2n) is 8.21. The molecule has 1 saturated heterocycles. The van der Waals surface area contributed by atoms with Crippen LogP contribution in [0.2, 0.25) is 0 Å². The van der Waals surface area contributed by atoms with Crippen LogP contribution in [0.4, 0.5) is 16.4 Å². The molecular formula is C25H30Cl2N4OS. The first kappa shape index (κ1) is 25.4. The summed E-state index contributed by atoms with van der Waals surface area (Å²) in [4.78, 5) is 11.4. The summed E-state index contributed by atoms with van der Waals surface area (Å²) in [5, 5.41) is 4.80. The molecule has 2 aliphatic heterocycles. The molecule has 0 bridgehead atoms. The molecule has 1 fully saturated rings. The van der Waals surface area contributed by atoms with E-state index in [-0.39, 0.29) is 24.8 Å².